The van der Waals surface area contributed by atoms with Crippen LogP contribution < -0.4 is 5.32 Å². The molecule has 114 valence electrons. The van der Waals surface area contributed by atoms with Crippen LogP contribution in [-0.4, -0.2) is 6.04 Å². The first-order valence-electron chi connectivity index (χ1n) is 7.75. The van der Waals surface area contributed by atoms with Crippen LogP contribution in [0.1, 0.15) is 70.9 Å². The Kier molecular flexibility index (Phi) is 7.75. The van der Waals surface area contributed by atoms with E-state index in [0.717, 1.165) is 12.5 Å². The normalized spacial score (nSPS) is 14.2. The minimum absolute atomic E-state index is 0.170. The maximum Gasteiger partial charge on any atom is 0.128 e. The maximum atomic E-state index is 13.7. The number of halogens is 2. The fraction of sp³-hybridized carbons (Fsp3) is 0.647. The Morgan fingerprint density at radius 3 is 2.45 bits per heavy atom. The van der Waals surface area contributed by atoms with Crippen LogP contribution in [0, 0.1) is 11.6 Å². The summed E-state index contributed by atoms with van der Waals surface area (Å²) in [7, 11) is 0. The lowest BCUT2D eigenvalue weighted by Gasteiger charge is -2.21. The Morgan fingerprint density at radius 2 is 1.75 bits per heavy atom. The lowest BCUT2D eigenvalue weighted by molar-refractivity contribution is 0.425. The molecule has 20 heavy (non-hydrogen) atoms. The molecule has 0 aliphatic rings. The van der Waals surface area contributed by atoms with Crippen molar-refractivity contribution in [3.63, 3.8) is 0 Å². The Labute approximate surface area is 121 Å². The van der Waals surface area contributed by atoms with Gasteiger partial charge in [-0.25, -0.2) is 8.78 Å². The Bertz CT molecular complexity index is 393. The van der Waals surface area contributed by atoms with Gasteiger partial charge in [0.1, 0.15) is 11.6 Å². The number of hydrogen-bond acceptors (Lipinski definition) is 1. The molecule has 0 fully saturated rings. The summed E-state index contributed by atoms with van der Waals surface area (Å²) in [6, 6.07) is 3.77. The summed E-state index contributed by atoms with van der Waals surface area (Å²) >= 11 is 0. The molecule has 1 N–H and O–H groups in total. The van der Waals surface area contributed by atoms with Gasteiger partial charge in [0.05, 0.1) is 0 Å². The van der Waals surface area contributed by atoms with Crippen LogP contribution in [0.2, 0.25) is 0 Å². The molecule has 2 atom stereocenters. The third-order valence-electron chi connectivity index (χ3n) is 3.70. The number of rotatable bonds is 9. The molecular formula is C17H27F2N. The first-order valence-corrected chi connectivity index (χ1v) is 7.75. The summed E-state index contributed by atoms with van der Waals surface area (Å²) in [5.41, 5.74) is 0.405. The molecule has 1 nitrogen and oxygen atoms in total. The monoisotopic (exact) mass is 283 g/mol. The highest BCUT2D eigenvalue weighted by molar-refractivity contribution is 5.21. The zero-order chi connectivity index (χ0) is 15.0. The second-order valence-corrected chi connectivity index (χ2v) is 5.66. The number of benzene rings is 1. The van der Waals surface area contributed by atoms with Crippen molar-refractivity contribution in [2.24, 2.45) is 0 Å². The first kappa shape index (κ1) is 17.1. The molecule has 1 rings (SSSR count). The summed E-state index contributed by atoms with van der Waals surface area (Å²) in [6.07, 6.45) is 7.35. The van der Waals surface area contributed by atoms with E-state index in [1.54, 1.807) is 0 Å². The summed E-state index contributed by atoms with van der Waals surface area (Å²) < 4.78 is 26.8. The molecule has 0 saturated heterocycles. The van der Waals surface area contributed by atoms with Crippen molar-refractivity contribution >= 4 is 0 Å². The van der Waals surface area contributed by atoms with Crippen LogP contribution >= 0.6 is 0 Å². The van der Waals surface area contributed by atoms with Gasteiger partial charge in [-0.2, -0.15) is 0 Å². The molecule has 0 heterocycles. The Hall–Kier alpha value is -0.960. The molecule has 0 bridgehead atoms. The Balaban J connectivity index is 2.37. The quantitative estimate of drug-likeness (QED) is 0.601. The van der Waals surface area contributed by atoms with Gasteiger partial charge in [-0.05, 0) is 38.5 Å². The smallest absolute Gasteiger partial charge is 0.128 e. The lowest BCUT2D eigenvalue weighted by atomic mass is 10.0. The topological polar surface area (TPSA) is 12.0 Å². The average Bonchev–Trinajstić information content (AvgIpc) is 2.41. The molecule has 0 aliphatic carbocycles. The van der Waals surface area contributed by atoms with Crippen molar-refractivity contribution in [2.75, 3.05) is 0 Å². The van der Waals surface area contributed by atoms with Crippen molar-refractivity contribution in [1.82, 2.24) is 5.32 Å². The largest absolute Gasteiger partial charge is 0.308 e. The highest BCUT2D eigenvalue weighted by atomic mass is 19.1. The highest BCUT2D eigenvalue weighted by Crippen LogP contribution is 2.19. The third kappa shape index (κ3) is 6.00. The predicted octanol–water partition coefficient (Wildman–Crippen LogP) is 5.36. The molecular weight excluding hydrogens is 256 g/mol. The predicted molar refractivity (Wildman–Crippen MR) is 80.7 cm³/mol. The van der Waals surface area contributed by atoms with Crippen molar-refractivity contribution in [3.05, 3.63) is 35.4 Å². The van der Waals surface area contributed by atoms with Crippen LogP contribution in [0.5, 0.6) is 0 Å². The van der Waals surface area contributed by atoms with E-state index in [1.807, 2.05) is 6.92 Å². The van der Waals surface area contributed by atoms with Gasteiger partial charge in [0.25, 0.3) is 0 Å². The van der Waals surface area contributed by atoms with E-state index >= 15 is 0 Å². The van der Waals surface area contributed by atoms with E-state index in [2.05, 4.69) is 19.2 Å². The fourth-order valence-corrected chi connectivity index (χ4v) is 2.50. The molecule has 0 aromatic heterocycles. The maximum absolute atomic E-state index is 13.7. The van der Waals surface area contributed by atoms with Crippen molar-refractivity contribution in [1.29, 1.82) is 0 Å². The van der Waals surface area contributed by atoms with E-state index in [-0.39, 0.29) is 17.7 Å². The lowest BCUT2D eigenvalue weighted by Crippen LogP contribution is -2.29. The first-order chi connectivity index (χ1) is 9.54. The van der Waals surface area contributed by atoms with E-state index < -0.39 is 0 Å². The SMILES string of the molecule is CCCCCCCC(C)NC(C)c1cc(F)ccc1F. The molecule has 2 unspecified atom stereocenters. The number of unbranched alkanes of at least 4 members (excludes halogenated alkanes) is 4. The fourth-order valence-electron chi connectivity index (χ4n) is 2.50. The van der Waals surface area contributed by atoms with Crippen molar-refractivity contribution in [2.45, 2.75) is 71.4 Å². The zero-order valence-corrected chi connectivity index (χ0v) is 12.9. The van der Waals surface area contributed by atoms with Gasteiger partial charge in [0.2, 0.25) is 0 Å². The van der Waals surface area contributed by atoms with Crippen LogP contribution in [-0.2, 0) is 0 Å². The molecule has 0 amide bonds. The van der Waals surface area contributed by atoms with E-state index in [4.69, 9.17) is 0 Å². The second kappa shape index (κ2) is 9.06. The van der Waals surface area contributed by atoms with Crippen LogP contribution in [0.25, 0.3) is 0 Å². The highest BCUT2D eigenvalue weighted by Gasteiger charge is 2.14. The van der Waals surface area contributed by atoms with Gasteiger partial charge < -0.3 is 5.32 Å². The van der Waals surface area contributed by atoms with Crippen molar-refractivity contribution < 1.29 is 8.78 Å². The van der Waals surface area contributed by atoms with Gasteiger partial charge >= 0.3 is 0 Å². The Morgan fingerprint density at radius 1 is 1.05 bits per heavy atom. The molecule has 0 aliphatic heterocycles. The van der Waals surface area contributed by atoms with E-state index in [9.17, 15) is 8.78 Å². The zero-order valence-electron chi connectivity index (χ0n) is 12.9. The van der Waals surface area contributed by atoms with E-state index in [1.165, 1.54) is 44.2 Å². The average molecular weight is 283 g/mol. The van der Waals surface area contributed by atoms with Crippen LogP contribution in [0.4, 0.5) is 8.78 Å². The summed E-state index contributed by atoms with van der Waals surface area (Å²) in [6.45, 7) is 6.19. The molecule has 0 spiro atoms. The summed E-state index contributed by atoms with van der Waals surface area (Å²) in [4.78, 5) is 0. The standard InChI is InChI=1S/C17H27F2N/c1-4-5-6-7-8-9-13(2)20-14(3)16-12-15(18)10-11-17(16)19/h10-14,20H,4-9H2,1-3H3. The minimum atomic E-state index is -0.387. The second-order valence-electron chi connectivity index (χ2n) is 5.66. The van der Waals surface area contributed by atoms with Crippen LogP contribution in [0.3, 0.4) is 0 Å². The van der Waals surface area contributed by atoms with Gasteiger partial charge in [-0.1, -0.05) is 39.0 Å². The van der Waals surface area contributed by atoms with Crippen LogP contribution in [0.15, 0.2) is 18.2 Å². The molecule has 1 aromatic rings. The third-order valence-corrected chi connectivity index (χ3v) is 3.70. The van der Waals surface area contributed by atoms with Gasteiger partial charge in [-0.3, -0.25) is 0 Å². The summed E-state index contributed by atoms with van der Waals surface area (Å²) in [5, 5.41) is 3.35. The number of hydrogen-bond donors (Lipinski definition) is 1. The number of nitrogens with one attached hydrogen (secondary N) is 1. The molecule has 3 heteroatoms. The molecule has 0 saturated carbocycles. The van der Waals surface area contributed by atoms with Gasteiger partial charge in [0.15, 0.2) is 0 Å². The summed E-state index contributed by atoms with van der Waals surface area (Å²) in [5.74, 6) is -0.733. The molecule has 0 radical (unpaired) electrons. The molecule has 1 aromatic carbocycles. The van der Waals surface area contributed by atoms with Gasteiger partial charge in [0, 0.05) is 17.6 Å². The van der Waals surface area contributed by atoms with Gasteiger partial charge in [-0.15, -0.1) is 0 Å². The minimum Gasteiger partial charge on any atom is -0.308 e. The van der Waals surface area contributed by atoms with Crippen molar-refractivity contribution in [3.8, 4) is 0 Å². The van der Waals surface area contributed by atoms with E-state index in [0.29, 0.717) is 11.6 Å².